The molecule has 1 aromatic heterocycles. The summed E-state index contributed by atoms with van der Waals surface area (Å²) < 4.78 is 71.9. The first kappa shape index (κ1) is 22.9. The Kier molecular flexibility index (Phi) is 5.48. The Morgan fingerprint density at radius 1 is 0.771 bits per heavy atom. The molecule has 0 fully saturated rings. The number of nitrogens with two attached hydrogens (primary N) is 1. The van der Waals surface area contributed by atoms with Crippen molar-refractivity contribution in [2.75, 3.05) is 0 Å². The van der Waals surface area contributed by atoms with Crippen molar-refractivity contribution in [1.29, 1.82) is 0 Å². The lowest BCUT2D eigenvalue weighted by molar-refractivity contribution is 0.100. The third kappa shape index (κ3) is 3.61. The molecule has 0 saturated carbocycles. The number of rotatable bonds is 4. The second kappa shape index (κ2) is 8.39. The zero-order valence-electron chi connectivity index (χ0n) is 17.7. The zero-order chi connectivity index (χ0) is 25.0. The Bertz CT molecular complexity index is 1630. The Labute approximate surface area is 200 Å². The van der Waals surface area contributed by atoms with Gasteiger partial charge in [-0.2, -0.15) is 0 Å². The molecule has 0 radical (unpaired) electrons. The van der Waals surface area contributed by atoms with Crippen molar-refractivity contribution in [2.45, 2.75) is 6.54 Å². The van der Waals surface area contributed by atoms with Gasteiger partial charge >= 0.3 is 0 Å². The van der Waals surface area contributed by atoms with E-state index < -0.39 is 47.1 Å². The van der Waals surface area contributed by atoms with Crippen LogP contribution in [0.3, 0.4) is 0 Å². The summed E-state index contributed by atoms with van der Waals surface area (Å²) in [6.07, 6.45) is 0. The Hall–Kier alpha value is -3.91. The van der Waals surface area contributed by atoms with Crippen molar-refractivity contribution in [3.63, 3.8) is 0 Å². The Balaban J connectivity index is 1.83. The molecule has 4 aromatic carbocycles. The van der Waals surface area contributed by atoms with Gasteiger partial charge in [0.2, 0.25) is 11.7 Å². The van der Waals surface area contributed by atoms with Crippen LogP contribution in [-0.4, -0.2) is 10.5 Å². The average molecular weight is 501 g/mol. The highest BCUT2D eigenvalue weighted by Gasteiger charge is 2.27. The standard InChI is InChI=1S/C26H14ClF5N2O/c27-14-7-4-12(5-8-14)13-6-9-15-19(10-13)34(18-3-1-2-16(20(15)18)26(33)35)11-17-21(28)23(30)25(32)24(31)22(17)29/h1-10H,11H2,(H2,33,35). The van der Waals surface area contributed by atoms with E-state index in [-0.39, 0.29) is 5.56 Å². The van der Waals surface area contributed by atoms with Crippen molar-refractivity contribution in [3.05, 3.63) is 106 Å². The molecule has 9 heteroatoms. The summed E-state index contributed by atoms with van der Waals surface area (Å²) in [7, 11) is 0. The number of primary amides is 1. The first-order chi connectivity index (χ1) is 16.7. The van der Waals surface area contributed by atoms with Crippen LogP contribution in [0.4, 0.5) is 22.0 Å². The van der Waals surface area contributed by atoms with E-state index in [4.69, 9.17) is 17.3 Å². The monoisotopic (exact) mass is 500 g/mol. The van der Waals surface area contributed by atoms with Crippen LogP contribution in [0.5, 0.6) is 0 Å². The van der Waals surface area contributed by atoms with Crippen LogP contribution in [0.1, 0.15) is 15.9 Å². The molecule has 0 saturated heterocycles. The second-order valence-electron chi connectivity index (χ2n) is 7.94. The number of fused-ring (bicyclic) bond motifs is 3. The maximum atomic E-state index is 14.6. The number of halogens is 6. The van der Waals surface area contributed by atoms with E-state index >= 15 is 0 Å². The van der Waals surface area contributed by atoms with Crippen LogP contribution in [0.15, 0.2) is 60.7 Å². The van der Waals surface area contributed by atoms with Crippen LogP contribution in [0.25, 0.3) is 32.9 Å². The molecule has 0 bridgehead atoms. The van der Waals surface area contributed by atoms with Gasteiger partial charge in [-0.15, -0.1) is 0 Å². The molecule has 0 atom stereocenters. The number of benzene rings is 4. The van der Waals surface area contributed by atoms with Gasteiger partial charge in [-0.05, 0) is 41.5 Å². The molecular weight excluding hydrogens is 487 g/mol. The molecule has 176 valence electrons. The van der Waals surface area contributed by atoms with Gasteiger partial charge in [0.25, 0.3) is 0 Å². The van der Waals surface area contributed by atoms with Crippen molar-refractivity contribution in [2.24, 2.45) is 5.73 Å². The van der Waals surface area contributed by atoms with E-state index in [1.807, 2.05) is 0 Å². The second-order valence-corrected chi connectivity index (χ2v) is 8.37. The van der Waals surface area contributed by atoms with Crippen molar-refractivity contribution < 1.29 is 26.7 Å². The minimum absolute atomic E-state index is 0.155. The van der Waals surface area contributed by atoms with Gasteiger partial charge in [0.1, 0.15) is 0 Å². The quantitative estimate of drug-likeness (QED) is 0.162. The van der Waals surface area contributed by atoms with Crippen LogP contribution >= 0.6 is 11.6 Å². The predicted molar refractivity (Wildman–Crippen MR) is 124 cm³/mol. The maximum absolute atomic E-state index is 14.6. The van der Waals surface area contributed by atoms with E-state index in [9.17, 15) is 26.7 Å². The third-order valence-electron chi connectivity index (χ3n) is 5.95. The highest BCUT2D eigenvalue weighted by atomic mass is 35.5. The molecule has 0 spiro atoms. The van der Waals surface area contributed by atoms with Gasteiger partial charge in [0.05, 0.1) is 17.6 Å². The molecule has 2 N–H and O–H groups in total. The lowest BCUT2D eigenvalue weighted by atomic mass is 10.0. The van der Waals surface area contributed by atoms with E-state index in [0.717, 1.165) is 5.56 Å². The molecule has 0 aliphatic heterocycles. The van der Waals surface area contributed by atoms with Crippen molar-refractivity contribution in [3.8, 4) is 11.1 Å². The van der Waals surface area contributed by atoms with Gasteiger partial charge < -0.3 is 10.3 Å². The van der Waals surface area contributed by atoms with E-state index in [1.54, 1.807) is 48.5 Å². The fourth-order valence-corrected chi connectivity index (χ4v) is 4.42. The maximum Gasteiger partial charge on any atom is 0.249 e. The van der Waals surface area contributed by atoms with Gasteiger partial charge in [0.15, 0.2) is 23.3 Å². The Morgan fingerprint density at radius 2 is 1.37 bits per heavy atom. The zero-order valence-corrected chi connectivity index (χ0v) is 18.4. The van der Waals surface area contributed by atoms with Gasteiger partial charge in [-0.25, -0.2) is 22.0 Å². The summed E-state index contributed by atoms with van der Waals surface area (Å²) in [4.78, 5) is 12.1. The number of aromatic nitrogens is 1. The molecular formula is C26H14ClF5N2O. The molecule has 0 aliphatic carbocycles. The summed E-state index contributed by atoms with van der Waals surface area (Å²) in [5.74, 6) is -10.9. The highest BCUT2D eigenvalue weighted by Crippen LogP contribution is 2.36. The lowest BCUT2D eigenvalue weighted by Gasteiger charge is -2.12. The summed E-state index contributed by atoms with van der Waals surface area (Å²) in [6.45, 7) is -0.682. The van der Waals surface area contributed by atoms with Gasteiger partial charge in [0, 0.05) is 26.9 Å². The van der Waals surface area contributed by atoms with Crippen LogP contribution in [0.2, 0.25) is 5.02 Å². The summed E-state index contributed by atoms with van der Waals surface area (Å²) in [6, 6.07) is 16.7. The minimum atomic E-state index is -2.23. The number of carbonyl (C=O) groups excluding carboxylic acids is 1. The molecule has 1 amide bonds. The summed E-state index contributed by atoms with van der Waals surface area (Å²) in [5, 5.41) is 1.46. The molecule has 0 unspecified atom stereocenters. The van der Waals surface area contributed by atoms with Crippen LogP contribution in [-0.2, 0) is 6.54 Å². The van der Waals surface area contributed by atoms with Crippen molar-refractivity contribution >= 4 is 39.3 Å². The first-order valence-corrected chi connectivity index (χ1v) is 10.7. The normalized spacial score (nSPS) is 11.5. The molecule has 5 rings (SSSR count). The third-order valence-corrected chi connectivity index (χ3v) is 6.20. The van der Waals surface area contributed by atoms with E-state index in [1.165, 1.54) is 16.7 Å². The fourth-order valence-electron chi connectivity index (χ4n) is 4.29. The number of hydrogen-bond acceptors (Lipinski definition) is 1. The highest BCUT2D eigenvalue weighted by molar-refractivity contribution is 6.30. The number of carbonyl (C=O) groups is 1. The molecule has 1 heterocycles. The lowest BCUT2D eigenvalue weighted by Crippen LogP contribution is -2.12. The minimum Gasteiger partial charge on any atom is -0.366 e. The van der Waals surface area contributed by atoms with E-state index in [0.29, 0.717) is 32.4 Å². The largest absolute Gasteiger partial charge is 0.366 e. The van der Waals surface area contributed by atoms with E-state index in [2.05, 4.69) is 0 Å². The molecule has 5 aromatic rings. The summed E-state index contributed by atoms with van der Waals surface area (Å²) in [5.41, 5.74) is 6.94. The van der Waals surface area contributed by atoms with Crippen molar-refractivity contribution in [1.82, 2.24) is 4.57 Å². The average Bonchev–Trinajstić information content (AvgIpc) is 3.17. The molecule has 3 nitrogen and oxygen atoms in total. The molecule has 35 heavy (non-hydrogen) atoms. The van der Waals surface area contributed by atoms with Gasteiger partial charge in [-0.3, -0.25) is 4.79 Å². The Morgan fingerprint density at radius 3 is 2.00 bits per heavy atom. The molecule has 0 aliphatic rings. The van der Waals surface area contributed by atoms with Crippen LogP contribution in [0, 0.1) is 29.1 Å². The predicted octanol–water partition coefficient (Wildman–Crippen LogP) is 6.96. The van der Waals surface area contributed by atoms with Crippen LogP contribution < -0.4 is 5.73 Å². The SMILES string of the molecule is NC(=O)c1cccc2c1c1ccc(-c3ccc(Cl)cc3)cc1n2Cc1c(F)c(F)c(F)c(F)c1F. The first-order valence-electron chi connectivity index (χ1n) is 10.3. The number of hydrogen-bond donors (Lipinski definition) is 1. The number of amides is 1. The smallest absolute Gasteiger partial charge is 0.249 e. The number of nitrogens with zero attached hydrogens (tertiary/aromatic N) is 1. The topological polar surface area (TPSA) is 48.0 Å². The summed E-state index contributed by atoms with van der Waals surface area (Å²) >= 11 is 5.97. The van der Waals surface area contributed by atoms with Gasteiger partial charge in [-0.1, -0.05) is 41.9 Å². The fraction of sp³-hybridized carbons (Fsp3) is 0.0385.